The van der Waals surface area contributed by atoms with Crippen LogP contribution in [0.1, 0.15) is 46.0 Å². The first-order valence-corrected chi connectivity index (χ1v) is 9.96. The molecule has 6 nitrogen and oxygen atoms in total. The van der Waals surface area contributed by atoms with Gasteiger partial charge in [-0.15, -0.1) is 0 Å². The number of ketones is 1. The molecular formula is C24H24N4O2. The van der Waals surface area contributed by atoms with Crippen molar-refractivity contribution in [1.29, 1.82) is 0 Å². The average Bonchev–Trinajstić information content (AvgIpc) is 3.26. The summed E-state index contributed by atoms with van der Waals surface area (Å²) in [6.45, 7) is 5.28. The minimum Gasteiger partial charge on any atom is -0.354 e. The first-order chi connectivity index (χ1) is 14.4. The molecule has 2 N–H and O–H groups in total. The summed E-state index contributed by atoms with van der Waals surface area (Å²) in [6, 6.07) is 15.6. The lowest BCUT2D eigenvalue weighted by Crippen LogP contribution is -2.14. The van der Waals surface area contributed by atoms with Crippen molar-refractivity contribution in [2.75, 3.05) is 5.32 Å². The van der Waals surface area contributed by atoms with E-state index in [1.165, 1.54) is 6.92 Å². The van der Waals surface area contributed by atoms with E-state index in [1.54, 1.807) is 0 Å². The Morgan fingerprint density at radius 3 is 2.43 bits per heavy atom. The van der Waals surface area contributed by atoms with Gasteiger partial charge in [0.2, 0.25) is 0 Å². The number of nitrogens with one attached hydrogen (secondary N) is 2. The second-order valence-corrected chi connectivity index (χ2v) is 7.40. The molecule has 152 valence electrons. The number of nitrogens with zero attached hydrogens (tertiary/aromatic N) is 2. The molecule has 0 saturated heterocycles. The van der Waals surface area contributed by atoms with Gasteiger partial charge in [0.15, 0.2) is 5.78 Å². The Balaban J connectivity index is 1.60. The first kappa shape index (κ1) is 19.6. The molecule has 4 rings (SSSR count). The number of Topliss-reactive ketones (excluding diaryl/α,β-unsaturated/α-hetero) is 1. The molecule has 30 heavy (non-hydrogen) atoms. The van der Waals surface area contributed by atoms with Gasteiger partial charge in [-0.1, -0.05) is 19.1 Å². The number of aromatic nitrogens is 3. The van der Waals surface area contributed by atoms with E-state index in [1.807, 2.05) is 69.4 Å². The third-order valence-corrected chi connectivity index (χ3v) is 5.41. The predicted molar refractivity (Wildman–Crippen MR) is 119 cm³/mol. The van der Waals surface area contributed by atoms with Crippen LogP contribution in [0.3, 0.4) is 0 Å². The van der Waals surface area contributed by atoms with Crippen molar-refractivity contribution in [2.45, 2.75) is 27.2 Å². The molecule has 0 atom stereocenters. The molecule has 4 aromatic rings. The molecule has 6 heteroatoms. The van der Waals surface area contributed by atoms with E-state index in [2.05, 4.69) is 14.9 Å². The van der Waals surface area contributed by atoms with Crippen molar-refractivity contribution in [3.05, 3.63) is 71.0 Å². The molecule has 0 aliphatic carbocycles. The number of fused-ring (bicyclic) bond motifs is 1. The molecule has 0 bridgehead atoms. The molecule has 0 spiro atoms. The number of hydrogen-bond donors (Lipinski definition) is 2. The lowest BCUT2D eigenvalue weighted by atomic mass is 10.0. The van der Waals surface area contributed by atoms with Crippen LogP contribution in [0, 0.1) is 6.92 Å². The van der Waals surface area contributed by atoms with E-state index >= 15 is 0 Å². The SMILES string of the molecule is CCc1c(C(=O)Nc2ccc(-c3nc4ccccc4n3C)cc2)[nH]c(C)c1C(C)=O. The number of aromatic amines is 1. The van der Waals surface area contributed by atoms with E-state index in [0.29, 0.717) is 23.4 Å². The molecule has 1 amide bonds. The Kier molecular flexibility index (Phi) is 4.99. The summed E-state index contributed by atoms with van der Waals surface area (Å²) in [7, 11) is 1.99. The van der Waals surface area contributed by atoms with Crippen LogP contribution >= 0.6 is 0 Å². The first-order valence-electron chi connectivity index (χ1n) is 9.96. The quantitative estimate of drug-likeness (QED) is 0.468. The minimum atomic E-state index is -0.252. The minimum absolute atomic E-state index is 0.0357. The number of rotatable bonds is 5. The normalized spacial score (nSPS) is 11.1. The van der Waals surface area contributed by atoms with Gasteiger partial charge in [-0.05, 0) is 62.2 Å². The van der Waals surface area contributed by atoms with Gasteiger partial charge in [0, 0.05) is 29.6 Å². The summed E-state index contributed by atoms with van der Waals surface area (Å²) in [5.74, 6) is 0.581. The van der Waals surface area contributed by atoms with Crippen LogP contribution in [0.25, 0.3) is 22.4 Å². The highest BCUT2D eigenvalue weighted by Crippen LogP contribution is 2.26. The number of H-pyrrole nitrogens is 1. The van der Waals surface area contributed by atoms with E-state index in [0.717, 1.165) is 33.7 Å². The molecular weight excluding hydrogens is 376 g/mol. The van der Waals surface area contributed by atoms with Crippen LogP contribution in [0.15, 0.2) is 48.5 Å². The average molecular weight is 400 g/mol. The fraction of sp³-hybridized carbons (Fsp3) is 0.208. The van der Waals surface area contributed by atoms with Crippen LogP contribution in [0.4, 0.5) is 5.69 Å². The summed E-state index contributed by atoms with van der Waals surface area (Å²) < 4.78 is 2.06. The van der Waals surface area contributed by atoms with Gasteiger partial charge < -0.3 is 14.9 Å². The van der Waals surface area contributed by atoms with Crippen molar-refractivity contribution in [3.8, 4) is 11.4 Å². The highest BCUT2D eigenvalue weighted by atomic mass is 16.2. The molecule has 2 heterocycles. The van der Waals surface area contributed by atoms with Gasteiger partial charge in [0.05, 0.1) is 11.0 Å². The number of carbonyl (C=O) groups is 2. The fourth-order valence-electron chi connectivity index (χ4n) is 4.00. The smallest absolute Gasteiger partial charge is 0.272 e. The molecule has 0 radical (unpaired) electrons. The Labute approximate surface area is 175 Å². The maximum atomic E-state index is 12.8. The zero-order valence-corrected chi connectivity index (χ0v) is 17.5. The van der Waals surface area contributed by atoms with Crippen LogP contribution < -0.4 is 5.32 Å². The van der Waals surface area contributed by atoms with Crippen molar-refractivity contribution in [3.63, 3.8) is 0 Å². The molecule has 0 saturated carbocycles. The number of aryl methyl sites for hydroxylation is 2. The van der Waals surface area contributed by atoms with Crippen LogP contribution in [0.2, 0.25) is 0 Å². The van der Waals surface area contributed by atoms with Gasteiger partial charge in [-0.2, -0.15) is 0 Å². The summed E-state index contributed by atoms with van der Waals surface area (Å²) in [4.78, 5) is 32.6. The summed E-state index contributed by atoms with van der Waals surface area (Å²) >= 11 is 0. The van der Waals surface area contributed by atoms with E-state index in [9.17, 15) is 9.59 Å². The predicted octanol–water partition coefficient (Wildman–Crippen LogP) is 4.89. The fourth-order valence-corrected chi connectivity index (χ4v) is 4.00. The Morgan fingerprint density at radius 1 is 1.10 bits per heavy atom. The number of carbonyl (C=O) groups excluding carboxylic acids is 2. The zero-order chi connectivity index (χ0) is 21.4. The number of imidazole rings is 1. The van der Waals surface area contributed by atoms with E-state index < -0.39 is 0 Å². The second-order valence-electron chi connectivity index (χ2n) is 7.40. The Morgan fingerprint density at radius 2 is 1.80 bits per heavy atom. The standard InChI is InChI=1S/C24H24N4O2/c1-5-18-21(15(3)29)14(2)25-22(18)24(30)26-17-12-10-16(11-13-17)23-27-19-8-6-7-9-20(19)28(23)4/h6-13,25H,5H2,1-4H3,(H,26,30). The zero-order valence-electron chi connectivity index (χ0n) is 17.5. The van der Waals surface area contributed by atoms with Crippen LogP contribution in [-0.2, 0) is 13.5 Å². The summed E-state index contributed by atoms with van der Waals surface area (Å²) in [6.07, 6.45) is 0.605. The van der Waals surface area contributed by atoms with Crippen molar-refractivity contribution < 1.29 is 9.59 Å². The van der Waals surface area contributed by atoms with E-state index in [-0.39, 0.29) is 11.7 Å². The highest BCUT2D eigenvalue weighted by molar-refractivity contribution is 6.07. The van der Waals surface area contributed by atoms with Crippen LogP contribution in [0.5, 0.6) is 0 Å². The number of benzene rings is 2. The Bertz CT molecular complexity index is 1260. The van der Waals surface area contributed by atoms with Gasteiger partial charge in [0.25, 0.3) is 5.91 Å². The van der Waals surface area contributed by atoms with Gasteiger partial charge in [-0.3, -0.25) is 9.59 Å². The lowest BCUT2D eigenvalue weighted by Gasteiger charge is -2.08. The largest absolute Gasteiger partial charge is 0.354 e. The molecule has 0 aliphatic rings. The number of anilines is 1. The summed E-state index contributed by atoms with van der Waals surface area (Å²) in [5, 5.41) is 2.92. The third kappa shape index (κ3) is 3.30. The van der Waals surface area contributed by atoms with Crippen LogP contribution in [-0.4, -0.2) is 26.2 Å². The highest BCUT2D eigenvalue weighted by Gasteiger charge is 2.21. The van der Waals surface area contributed by atoms with E-state index in [4.69, 9.17) is 4.98 Å². The third-order valence-electron chi connectivity index (χ3n) is 5.41. The Hall–Kier alpha value is -3.67. The molecule has 0 aliphatic heterocycles. The number of hydrogen-bond acceptors (Lipinski definition) is 3. The topological polar surface area (TPSA) is 79.8 Å². The maximum Gasteiger partial charge on any atom is 0.272 e. The van der Waals surface area contributed by atoms with Gasteiger partial charge >= 0.3 is 0 Å². The number of amides is 1. The monoisotopic (exact) mass is 400 g/mol. The van der Waals surface area contributed by atoms with Crippen molar-refractivity contribution in [1.82, 2.24) is 14.5 Å². The molecule has 0 unspecified atom stereocenters. The molecule has 0 fully saturated rings. The number of para-hydroxylation sites is 2. The molecule has 2 aromatic heterocycles. The second kappa shape index (κ2) is 7.63. The van der Waals surface area contributed by atoms with Crippen molar-refractivity contribution in [2.24, 2.45) is 7.05 Å². The maximum absolute atomic E-state index is 12.8. The van der Waals surface area contributed by atoms with Gasteiger partial charge in [0.1, 0.15) is 11.5 Å². The van der Waals surface area contributed by atoms with Crippen molar-refractivity contribution >= 4 is 28.4 Å². The van der Waals surface area contributed by atoms with Gasteiger partial charge in [-0.25, -0.2) is 4.98 Å². The molecule has 2 aromatic carbocycles. The lowest BCUT2D eigenvalue weighted by molar-refractivity contribution is 0.101. The summed E-state index contributed by atoms with van der Waals surface area (Å²) in [5.41, 5.74) is 6.20.